The fraction of sp³-hybridized carbons (Fsp3) is 0.308. The van der Waals surface area contributed by atoms with Crippen molar-refractivity contribution in [1.82, 2.24) is 25.4 Å². The highest BCUT2D eigenvalue weighted by Crippen LogP contribution is 2.07. The predicted molar refractivity (Wildman–Crippen MR) is 70.1 cm³/mol. The van der Waals surface area contributed by atoms with E-state index in [1.165, 1.54) is 23.1 Å². The number of carbonyl (C=O) groups excluding carboxylic acids is 1. The van der Waals surface area contributed by atoms with Gasteiger partial charge >= 0.3 is 0 Å². The maximum atomic E-state index is 12.8. The molecule has 104 valence electrons. The lowest BCUT2D eigenvalue weighted by Crippen LogP contribution is -2.36. The number of aromatic nitrogens is 3. The van der Waals surface area contributed by atoms with Gasteiger partial charge in [0.15, 0.2) is 0 Å². The number of halogens is 1. The minimum atomic E-state index is -0.319. The van der Waals surface area contributed by atoms with Crippen molar-refractivity contribution >= 4 is 5.91 Å². The summed E-state index contributed by atoms with van der Waals surface area (Å²) in [5.41, 5.74) is 0.653. The summed E-state index contributed by atoms with van der Waals surface area (Å²) in [6, 6.07) is 5.95. The highest BCUT2D eigenvalue weighted by molar-refractivity contribution is 5.90. The van der Waals surface area contributed by atoms with Crippen molar-refractivity contribution < 1.29 is 9.18 Å². The third kappa shape index (κ3) is 2.67. The number of hydrogen-bond donors (Lipinski definition) is 2. The fourth-order valence-electron chi connectivity index (χ4n) is 2.11. The molecule has 2 N–H and O–H groups in total. The molecule has 1 aliphatic heterocycles. The fourth-order valence-corrected chi connectivity index (χ4v) is 2.11. The third-order valence-corrected chi connectivity index (χ3v) is 3.18. The summed E-state index contributed by atoms with van der Waals surface area (Å²) in [6.45, 7) is 1.67. The van der Waals surface area contributed by atoms with Gasteiger partial charge in [0.2, 0.25) is 5.82 Å². The van der Waals surface area contributed by atoms with E-state index in [0.717, 1.165) is 19.5 Å². The number of amides is 1. The first kappa shape index (κ1) is 12.7. The summed E-state index contributed by atoms with van der Waals surface area (Å²) in [5.74, 6) is -0.499. The molecule has 0 radical (unpaired) electrons. The summed E-state index contributed by atoms with van der Waals surface area (Å²) in [4.78, 5) is 15.9. The van der Waals surface area contributed by atoms with E-state index in [-0.39, 0.29) is 23.6 Å². The van der Waals surface area contributed by atoms with Crippen LogP contribution in [0.5, 0.6) is 0 Å². The number of hydrogen-bond acceptors (Lipinski definition) is 4. The molecule has 20 heavy (non-hydrogen) atoms. The second-order valence-electron chi connectivity index (χ2n) is 4.65. The SMILES string of the molecule is O=C(N[C@H]1CCNC1)c1ncn(-c2ccc(F)cc2)n1. The van der Waals surface area contributed by atoms with Crippen LogP contribution in [0.1, 0.15) is 17.0 Å². The Hall–Kier alpha value is -2.28. The molecule has 1 aromatic carbocycles. The van der Waals surface area contributed by atoms with Gasteiger partial charge in [-0.3, -0.25) is 4.79 Å². The van der Waals surface area contributed by atoms with E-state index >= 15 is 0 Å². The molecule has 0 spiro atoms. The molecule has 3 rings (SSSR count). The van der Waals surface area contributed by atoms with Crippen molar-refractivity contribution in [3.05, 3.63) is 42.2 Å². The van der Waals surface area contributed by atoms with Gasteiger partial charge in [0, 0.05) is 12.6 Å². The lowest BCUT2D eigenvalue weighted by Gasteiger charge is -2.08. The summed E-state index contributed by atoms with van der Waals surface area (Å²) in [5, 5.41) is 10.1. The molecule has 1 atom stereocenters. The molecule has 6 nitrogen and oxygen atoms in total. The quantitative estimate of drug-likeness (QED) is 0.855. The highest BCUT2D eigenvalue weighted by Gasteiger charge is 2.19. The largest absolute Gasteiger partial charge is 0.345 e. The van der Waals surface area contributed by atoms with Crippen LogP contribution >= 0.6 is 0 Å². The number of nitrogens with one attached hydrogen (secondary N) is 2. The van der Waals surface area contributed by atoms with Gasteiger partial charge < -0.3 is 10.6 Å². The Morgan fingerprint density at radius 3 is 2.90 bits per heavy atom. The minimum Gasteiger partial charge on any atom is -0.345 e. The van der Waals surface area contributed by atoms with E-state index in [2.05, 4.69) is 20.7 Å². The molecule has 1 fully saturated rings. The lowest BCUT2D eigenvalue weighted by atomic mass is 10.2. The molecule has 2 heterocycles. The molecular weight excluding hydrogens is 261 g/mol. The molecule has 7 heteroatoms. The highest BCUT2D eigenvalue weighted by atomic mass is 19.1. The van der Waals surface area contributed by atoms with Gasteiger partial charge in [-0.05, 0) is 37.2 Å². The smallest absolute Gasteiger partial charge is 0.291 e. The zero-order valence-corrected chi connectivity index (χ0v) is 10.7. The summed E-state index contributed by atoms with van der Waals surface area (Å²) >= 11 is 0. The summed E-state index contributed by atoms with van der Waals surface area (Å²) < 4.78 is 14.3. The van der Waals surface area contributed by atoms with Crippen LogP contribution in [0.3, 0.4) is 0 Å². The molecule has 1 aliphatic rings. The van der Waals surface area contributed by atoms with E-state index in [0.29, 0.717) is 5.69 Å². The lowest BCUT2D eigenvalue weighted by molar-refractivity contribution is 0.0929. The van der Waals surface area contributed by atoms with E-state index < -0.39 is 0 Å². The molecule has 1 aromatic heterocycles. The first-order valence-electron chi connectivity index (χ1n) is 6.41. The first-order chi connectivity index (χ1) is 9.72. The summed E-state index contributed by atoms with van der Waals surface area (Å²) in [7, 11) is 0. The molecule has 0 saturated carbocycles. The molecule has 1 amide bonds. The van der Waals surface area contributed by atoms with E-state index in [9.17, 15) is 9.18 Å². The van der Waals surface area contributed by atoms with Gasteiger partial charge in [-0.15, -0.1) is 5.10 Å². The van der Waals surface area contributed by atoms with Crippen molar-refractivity contribution in [3.63, 3.8) is 0 Å². The van der Waals surface area contributed by atoms with Crippen LogP contribution in [0.2, 0.25) is 0 Å². The third-order valence-electron chi connectivity index (χ3n) is 3.18. The number of carbonyl (C=O) groups is 1. The molecular formula is C13H14FN5O. The van der Waals surface area contributed by atoms with Gasteiger partial charge in [0.25, 0.3) is 5.91 Å². The van der Waals surface area contributed by atoms with Gasteiger partial charge in [-0.2, -0.15) is 0 Å². The zero-order chi connectivity index (χ0) is 13.9. The Morgan fingerprint density at radius 1 is 1.40 bits per heavy atom. The Morgan fingerprint density at radius 2 is 2.20 bits per heavy atom. The predicted octanol–water partition coefficient (Wildman–Crippen LogP) is 0.498. The molecule has 0 bridgehead atoms. The molecule has 0 aliphatic carbocycles. The average Bonchev–Trinajstić information content (AvgIpc) is 3.10. The number of rotatable bonds is 3. The normalized spacial score (nSPS) is 18.1. The number of benzene rings is 1. The van der Waals surface area contributed by atoms with Crippen molar-refractivity contribution in [1.29, 1.82) is 0 Å². The van der Waals surface area contributed by atoms with Crippen LogP contribution in [0, 0.1) is 5.82 Å². The van der Waals surface area contributed by atoms with E-state index in [1.54, 1.807) is 12.1 Å². The zero-order valence-electron chi connectivity index (χ0n) is 10.7. The van der Waals surface area contributed by atoms with Gasteiger partial charge in [-0.1, -0.05) is 0 Å². The molecule has 1 saturated heterocycles. The van der Waals surface area contributed by atoms with Crippen LogP contribution in [-0.4, -0.2) is 39.8 Å². The Balaban J connectivity index is 1.72. The van der Waals surface area contributed by atoms with Crippen LogP contribution < -0.4 is 10.6 Å². The van der Waals surface area contributed by atoms with Crippen LogP contribution in [-0.2, 0) is 0 Å². The van der Waals surface area contributed by atoms with Gasteiger partial charge in [0.1, 0.15) is 12.1 Å². The average molecular weight is 275 g/mol. The maximum absolute atomic E-state index is 12.8. The minimum absolute atomic E-state index is 0.112. The summed E-state index contributed by atoms with van der Waals surface area (Å²) in [6.07, 6.45) is 2.35. The van der Waals surface area contributed by atoms with Crippen LogP contribution in [0.15, 0.2) is 30.6 Å². The van der Waals surface area contributed by atoms with Gasteiger partial charge in [-0.25, -0.2) is 14.1 Å². The molecule has 2 aromatic rings. The Kier molecular flexibility index (Phi) is 3.42. The second kappa shape index (κ2) is 5.38. The standard InChI is InChI=1S/C13H14FN5O/c14-9-1-3-11(4-2-9)19-8-16-12(18-19)13(20)17-10-5-6-15-7-10/h1-4,8,10,15H,5-7H2,(H,17,20)/t10-/m0/s1. The topological polar surface area (TPSA) is 71.8 Å². The van der Waals surface area contributed by atoms with Crippen molar-refractivity contribution in [3.8, 4) is 5.69 Å². The molecule has 0 unspecified atom stereocenters. The second-order valence-corrected chi connectivity index (χ2v) is 4.65. The van der Waals surface area contributed by atoms with E-state index in [1.807, 2.05) is 0 Å². The van der Waals surface area contributed by atoms with Gasteiger partial charge in [0.05, 0.1) is 5.69 Å². The number of nitrogens with zero attached hydrogens (tertiary/aromatic N) is 3. The van der Waals surface area contributed by atoms with Crippen molar-refractivity contribution in [2.75, 3.05) is 13.1 Å². The van der Waals surface area contributed by atoms with Crippen molar-refractivity contribution in [2.24, 2.45) is 0 Å². The van der Waals surface area contributed by atoms with Crippen molar-refractivity contribution in [2.45, 2.75) is 12.5 Å². The Bertz CT molecular complexity index is 603. The van der Waals surface area contributed by atoms with Crippen LogP contribution in [0.25, 0.3) is 5.69 Å². The van der Waals surface area contributed by atoms with Crippen LogP contribution in [0.4, 0.5) is 4.39 Å². The first-order valence-corrected chi connectivity index (χ1v) is 6.41. The monoisotopic (exact) mass is 275 g/mol. The van der Waals surface area contributed by atoms with E-state index in [4.69, 9.17) is 0 Å². The maximum Gasteiger partial charge on any atom is 0.291 e. The Labute approximate surface area is 115 Å².